The van der Waals surface area contributed by atoms with Crippen LogP contribution >= 0.6 is 11.8 Å². The third-order valence-electron chi connectivity index (χ3n) is 3.33. The van der Waals surface area contributed by atoms with Crippen LogP contribution in [0, 0.1) is 0 Å². The lowest BCUT2D eigenvalue weighted by Gasteiger charge is -2.11. The van der Waals surface area contributed by atoms with E-state index >= 15 is 0 Å². The Morgan fingerprint density at radius 2 is 2.00 bits per heavy atom. The van der Waals surface area contributed by atoms with Gasteiger partial charge in [0.05, 0.1) is 18.6 Å². The number of hydrogen-bond donors (Lipinski definition) is 0. The summed E-state index contributed by atoms with van der Waals surface area (Å²) in [6.07, 6.45) is 1.62. The molecule has 1 aromatic carbocycles. The summed E-state index contributed by atoms with van der Waals surface area (Å²) in [6.45, 7) is 3.86. The molecule has 0 aliphatic carbocycles. The van der Waals surface area contributed by atoms with Crippen LogP contribution in [0.1, 0.15) is 19.4 Å². The van der Waals surface area contributed by atoms with Gasteiger partial charge >= 0.3 is 5.97 Å². The molecule has 134 valence electrons. The summed E-state index contributed by atoms with van der Waals surface area (Å²) in [7, 11) is 1.47. The average Bonchev–Trinajstić information content (AvgIpc) is 2.86. The number of carbonyl (C=O) groups is 3. The van der Waals surface area contributed by atoms with Gasteiger partial charge in [-0.05, 0) is 49.4 Å². The average molecular weight is 365 g/mol. The highest BCUT2D eigenvalue weighted by atomic mass is 32.2. The quantitative estimate of drug-likeness (QED) is 0.543. The predicted molar refractivity (Wildman–Crippen MR) is 93.5 cm³/mol. The number of likely N-dealkylation sites (N-methyl/N-ethyl adjacent to an activating group) is 1. The lowest BCUT2D eigenvalue weighted by molar-refractivity contribution is -0.145. The van der Waals surface area contributed by atoms with E-state index in [9.17, 15) is 14.4 Å². The van der Waals surface area contributed by atoms with Gasteiger partial charge in [-0.25, -0.2) is 4.79 Å². The van der Waals surface area contributed by atoms with Crippen LogP contribution in [0.5, 0.6) is 11.5 Å². The fourth-order valence-electron chi connectivity index (χ4n) is 2.16. The van der Waals surface area contributed by atoms with E-state index in [1.54, 1.807) is 38.1 Å². The normalized spacial score (nSPS) is 15.6. The number of esters is 1. The molecule has 1 fully saturated rings. The van der Waals surface area contributed by atoms with Crippen molar-refractivity contribution in [1.82, 2.24) is 4.90 Å². The van der Waals surface area contributed by atoms with Gasteiger partial charge < -0.3 is 14.2 Å². The molecule has 1 aromatic rings. The van der Waals surface area contributed by atoms with Gasteiger partial charge in [0, 0.05) is 6.54 Å². The van der Waals surface area contributed by atoms with E-state index in [-0.39, 0.29) is 24.4 Å². The van der Waals surface area contributed by atoms with Gasteiger partial charge in [0.2, 0.25) is 0 Å². The van der Waals surface area contributed by atoms with Gasteiger partial charge in [-0.3, -0.25) is 14.5 Å². The van der Waals surface area contributed by atoms with E-state index in [4.69, 9.17) is 14.2 Å². The molecule has 0 N–H and O–H groups in total. The van der Waals surface area contributed by atoms with Crippen molar-refractivity contribution in [2.45, 2.75) is 13.8 Å². The molecule has 0 bridgehead atoms. The zero-order valence-electron chi connectivity index (χ0n) is 14.2. The van der Waals surface area contributed by atoms with E-state index in [2.05, 4.69) is 0 Å². The van der Waals surface area contributed by atoms with Crippen LogP contribution in [0.3, 0.4) is 0 Å². The lowest BCUT2D eigenvalue weighted by Crippen LogP contribution is -2.27. The maximum absolute atomic E-state index is 12.1. The monoisotopic (exact) mass is 365 g/mol. The highest BCUT2D eigenvalue weighted by Gasteiger charge is 2.33. The van der Waals surface area contributed by atoms with E-state index in [1.807, 2.05) is 0 Å². The molecule has 2 amide bonds. The Hall–Kier alpha value is -2.48. The molecule has 0 radical (unpaired) electrons. The standard InChI is InChI=1S/C17H19NO6S/c1-4-18-16(20)14(25-17(18)21)9-11-6-7-12(13(8-11)22-3)24-10-15(19)23-5-2/h6-9H,4-5,10H2,1-3H3/b14-9+. The van der Waals surface area contributed by atoms with Gasteiger partial charge in [0.25, 0.3) is 11.1 Å². The molecule has 0 atom stereocenters. The van der Waals surface area contributed by atoms with Crippen LogP contribution in [0.4, 0.5) is 4.79 Å². The number of carbonyl (C=O) groups excluding carboxylic acids is 3. The van der Waals surface area contributed by atoms with Crippen LogP contribution < -0.4 is 9.47 Å². The zero-order valence-corrected chi connectivity index (χ0v) is 15.1. The third-order valence-corrected chi connectivity index (χ3v) is 4.23. The van der Waals surface area contributed by atoms with Gasteiger partial charge in [-0.15, -0.1) is 0 Å². The molecule has 0 aromatic heterocycles. The number of methoxy groups -OCH3 is 1. The molecule has 1 aliphatic rings. The maximum atomic E-state index is 12.1. The Morgan fingerprint density at radius 1 is 1.24 bits per heavy atom. The van der Waals surface area contributed by atoms with Gasteiger partial charge in [-0.2, -0.15) is 0 Å². The van der Waals surface area contributed by atoms with Crippen molar-refractivity contribution in [3.63, 3.8) is 0 Å². The minimum Gasteiger partial charge on any atom is -0.493 e. The van der Waals surface area contributed by atoms with Crippen molar-refractivity contribution in [2.75, 3.05) is 26.9 Å². The molecule has 0 unspecified atom stereocenters. The summed E-state index contributed by atoms with van der Waals surface area (Å²) in [5.41, 5.74) is 0.682. The molecule has 25 heavy (non-hydrogen) atoms. The summed E-state index contributed by atoms with van der Waals surface area (Å²) in [5, 5.41) is -0.278. The number of benzene rings is 1. The first-order valence-corrected chi connectivity index (χ1v) is 8.53. The number of imide groups is 1. The Morgan fingerprint density at radius 3 is 2.60 bits per heavy atom. The van der Waals surface area contributed by atoms with Crippen molar-refractivity contribution in [2.24, 2.45) is 0 Å². The van der Waals surface area contributed by atoms with E-state index < -0.39 is 5.97 Å². The van der Waals surface area contributed by atoms with Gasteiger partial charge in [-0.1, -0.05) is 6.07 Å². The molecule has 1 heterocycles. The van der Waals surface area contributed by atoms with Crippen molar-refractivity contribution in [1.29, 1.82) is 0 Å². The summed E-state index contributed by atoms with van der Waals surface area (Å²) in [5.74, 6) is 0.0168. The largest absolute Gasteiger partial charge is 0.493 e. The Kier molecular flexibility index (Phi) is 6.46. The molecule has 1 aliphatic heterocycles. The van der Waals surface area contributed by atoms with E-state index in [0.29, 0.717) is 28.5 Å². The molecule has 8 heteroatoms. The molecule has 1 saturated heterocycles. The first-order valence-electron chi connectivity index (χ1n) is 7.72. The van der Waals surface area contributed by atoms with Crippen molar-refractivity contribution >= 4 is 35.0 Å². The van der Waals surface area contributed by atoms with Crippen molar-refractivity contribution in [3.8, 4) is 11.5 Å². The summed E-state index contributed by atoms with van der Waals surface area (Å²) < 4.78 is 15.4. The number of thioether (sulfide) groups is 1. The van der Waals surface area contributed by atoms with Gasteiger partial charge in [0.1, 0.15) is 0 Å². The van der Waals surface area contributed by atoms with Crippen molar-refractivity contribution in [3.05, 3.63) is 28.7 Å². The SMILES string of the molecule is CCOC(=O)COc1ccc(/C=C2/SC(=O)N(CC)C2=O)cc1OC. The smallest absolute Gasteiger partial charge is 0.344 e. The zero-order chi connectivity index (χ0) is 18.4. The number of rotatable bonds is 7. The first kappa shape index (κ1) is 18.9. The second-order valence-corrected chi connectivity index (χ2v) is 5.92. The third kappa shape index (κ3) is 4.54. The topological polar surface area (TPSA) is 82.1 Å². The number of nitrogens with zero attached hydrogens (tertiary/aromatic N) is 1. The number of amides is 2. The number of hydrogen-bond acceptors (Lipinski definition) is 7. The van der Waals surface area contributed by atoms with Crippen LogP contribution in [-0.4, -0.2) is 48.9 Å². The molecule has 7 nitrogen and oxygen atoms in total. The Balaban J connectivity index is 2.16. The molecule has 0 saturated carbocycles. The molecular weight excluding hydrogens is 346 g/mol. The van der Waals surface area contributed by atoms with E-state index in [0.717, 1.165) is 11.8 Å². The predicted octanol–water partition coefficient (Wildman–Crippen LogP) is 2.69. The van der Waals surface area contributed by atoms with Crippen LogP contribution in [0.25, 0.3) is 6.08 Å². The lowest BCUT2D eigenvalue weighted by atomic mass is 10.2. The summed E-state index contributed by atoms with van der Waals surface area (Å²) >= 11 is 0.904. The molecular formula is C17H19NO6S. The van der Waals surface area contributed by atoms with Gasteiger partial charge in [0.15, 0.2) is 18.1 Å². The second kappa shape index (κ2) is 8.57. The van der Waals surface area contributed by atoms with Crippen LogP contribution in [0.2, 0.25) is 0 Å². The minimum atomic E-state index is -0.470. The van der Waals surface area contributed by atoms with Crippen LogP contribution in [0.15, 0.2) is 23.1 Å². The fraction of sp³-hybridized carbons (Fsp3) is 0.353. The maximum Gasteiger partial charge on any atom is 0.344 e. The highest BCUT2D eigenvalue weighted by molar-refractivity contribution is 8.18. The first-order chi connectivity index (χ1) is 12.0. The van der Waals surface area contributed by atoms with Crippen LogP contribution in [-0.2, 0) is 14.3 Å². The number of ether oxygens (including phenoxy) is 3. The highest BCUT2D eigenvalue weighted by Crippen LogP contribution is 2.34. The minimum absolute atomic E-state index is 0.223. The summed E-state index contributed by atoms with van der Waals surface area (Å²) in [6, 6.07) is 5.01. The fourth-order valence-corrected chi connectivity index (χ4v) is 3.06. The molecule has 0 spiro atoms. The second-order valence-electron chi connectivity index (χ2n) is 4.93. The Labute approximate surface area is 149 Å². The summed E-state index contributed by atoms with van der Waals surface area (Å²) in [4.78, 5) is 36.8. The Bertz CT molecular complexity index is 715. The van der Waals surface area contributed by atoms with E-state index in [1.165, 1.54) is 12.0 Å². The molecule has 2 rings (SSSR count). The van der Waals surface area contributed by atoms with Crippen molar-refractivity contribution < 1.29 is 28.6 Å².